The monoisotopic (exact) mass is 433 g/mol. The molecule has 0 unspecified atom stereocenters. The van der Waals surface area contributed by atoms with Gasteiger partial charge in [0.05, 0.1) is 12.5 Å². The summed E-state index contributed by atoms with van der Waals surface area (Å²) in [5.41, 5.74) is 0.166. The number of nitrogens with zero attached hydrogens (tertiary/aromatic N) is 1. The Balaban J connectivity index is 1.65. The van der Waals surface area contributed by atoms with Crippen LogP contribution in [0.1, 0.15) is 38.9 Å². The first-order chi connectivity index (χ1) is 15.4. The largest absolute Gasteiger partial charge is 0.463 e. The van der Waals surface area contributed by atoms with E-state index in [2.05, 4.69) is 0 Å². The van der Waals surface area contributed by atoms with Crippen molar-refractivity contribution in [2.45, 2.75) is 33.3 Å². The van der Waals surface area contributed by atoms with Crippen LogP contribution in [0.15, 0.2) is 66.7 Å². The Morgan fingerprint density at radius 2 is 1.84 bits per heavy atom. The van der Waals surface area contributed by atoms with Gasteiger partial charge in [0.25, 0.3) is 0 Å². The van der Waals surface area contributed by atoms with Crippen LogP contribution in [0, 0.1) is 28.6 Å². The summed E-state index contributed by atoms with van der Waals surface area (Å²) >= 11 is 0. The predicted octanol–water partition coefficient (Wildman–Crippen LogP) is 5.37. The SMILES string of the molecule is CCCOC(=O)/C=C\[C@H]1[C@@H](C(=O)O[C@H](C#N)c2cccc(Oc3ccccc3)c2)C1(C)C. The maximum Gasteiger partial charge on any atom is 0.330 e. The molecule has 0 heterocycles. The van der Waals surface area contributed by atoms with Crippen molar-refractivity contribution >= 4 is 11.9 Å². The van der Waals surface area contributed by atoms with Gasteiger partial charge in [-0.3, -0.25) is 4.79 Å². The van der Waals surface area contributed by atoms with Crippen LogP contribution < -0.4 is 4.74 Å². The Hall–Kier alpha value is -3.59. The maximum atomic E-state index is 12.8. The Labute approximate surface area is 188 Å². The molecule has 0 spiro atoms. The number of allylic oxidation sites excluding steroid dienone is 1. The molecule has 0 radical (unpaired) electrons. The van der Waals surface area contributed by atoms with Gasteiger partial charge in [0.2, 0.25) is 6.10 Å². The zero-order chi connectivity index (χ0) is 23.1. The number of carbonyl (C=O) groups is 2. The highest BCUT2D eigenvalue weighted by atomic mass is 16.5. The van der Waals surface area contributed by atoms with Gasteiger partial charge in [0.15, 0.2) is 0 Å². The standard InChI is InChI=1S/C26H27NO5/c1-4-15-30-23(28)14-13-21-24(26(21,2)3)25(29)32-22(17-27)18-9-8-12-20(16-18)31-19-10-6-5-7-11-19/h5-14,16,21-22,24H,4,15H2,1-3H3/b14-13-/t21-,22+,24-/m0/s1. The van der Waals surface area contributed by atoms with Crippen molar-refractivity contribution in [1.29, 1.82) is 5.26 Å². The molecule has 1 aliphatic rings. The van der Waals surface area contributed by atoms with Gasteiger partial charge < -0.3 is 14.2 Å². The molecule has 1 fully saturated rings. The summed E-state index contributed by atoms with van der Waals surface area (Å²) in [6.07, 6.45) is 2.75. The molecule has 3 atom stereocenters. The van der Waals surface area contributed by atoms with Crippen molar-refractivity contribution in [2.24, 2.45) is 17.3 Å². The summed E-state index contributed by atoms with van der Waals surface area (Å²) in [5.74, 6) is -0.266. The van der Waals surface area contributed by atoms with Gasteiger partial charge >= 0.3 is 11.9 Å². The van der Waals surface area contributed by atoms with E-state index >= 15 is 0 Å². The second kappa shape index (κ2) is 10.1. The molecule has 0 bridgehead atoms. The summed E-state index contributed by atoms with van der Waals surface area (Å²) in [4.78, 5) is 24.5. The summed E-state index contributed by atoms with van der Waals surface area (Å²) in [5, 5.41) is 9.62. The van der Waals surface area contributed by atoms with Gasteiger partial charge in [0, 0.05) is 11.6 Å². The van der Waals surface area contributed by atoms with E-state index in [9.17, 15) is 14.9 Å². The van der Waals surface area contributed by atoms with E-state index in [1.807, 2.05) is 57.2 Å². The third-order valence-electron chi connectivity index (χ3n) is 5.54. The lowest BCUT2D eigenvalue weighted by molar-refractivity contribution is -0.149. The number of esters is 2. The number of para-hydroxylation sites is 1. The smallest absolute Gasteiger partial charge is 0.330 e. The number of hydrogen-bond donors (Lipinski definition) is 0. The molecule has 32 heavy (non-hydrogen) atoms. The molecule has 0 aromatic heterocycles. The van der Waals surface area contributed by atoms with E-state index in [-0.39, 0.29) is 11.3 Å². The van der Waals surface area contributed by atoms with Crippen molar-refractivity contribution in [3.05, 3.63) is 72.3 Å². The fourth-order valence-corrected chi connectivity index (χ4v) is 3.64. The molecule has 1 aliphatic carbocycles. The summed E-state index contributed by atoms with van der Waals surface area (Å²) < 4.78 is 16.4. The number of benzene rings is 2. The van der Waals surface area contributed by atoms with Crippen LogP contribution >= 0.6 is 0 Å². The fraction of sp³-hybridized carbons (Fsp3) is 0.346. The predicted molar refractivity (Wildman–Crippen MR) is 119 cm³/mol. The average Bonchev–Trinajstić information content (AvgIpc) is 3.35. The topological polar surface area (TPSA) is 85.6 Å². The van der Waals surface area contributed by atoms with Crippen molar-refractivity contribution in [2.75, 3.05) is 6.61 Å². The minimum Gasteiger partial charge on any atom is -0.463 e. The molecule has 0 amide bonds. The Morgan fingerprint density at radius 3 is 2.53 bits per heavy atom. The molecule has 0 saturated heterocycles. The first kappa shape index (κ1) is 23.1. The summed E-state index contributed by atoms with van der Waals surface area (Å²) in [6.45, 7) is 6.14. The molecular formula is C26H27NO5. The van der Waals surface area contributed by atoms with E-state index in [0.29, 0.717) is 23.7 Å². The highest BCUT2D eigenvalue weighted by molar-refractivity contribution is 5.83. The molecule has 6 nitrogen and oxygen atoms in total. The van der Waals surface area contributed by atoms with Crippen molar-refractivity contribution in [3.63, 3.8) is 0 Å². The molecule has 6 heteroatoms. The Morgan fingerprint density at radius 1 is 1.12 bits per heavy atom. The second-order valence-corrected chi connectivity index (χ2v) is 8.29. The summed E-state index contributed by atoms with van der Waals surface area (Å²) in [6, 6.07) is 18.3. The number of nitriles is 1. The van der Waals surface area contributed by atoms with E-state index in [4.69, 9.17) is 14.2 Å². The third-order valence-corrected chi connectivity index (χ3v) is 5.54. The average molecular weight is 434 g/mol. The maximum absolute atomic E-state index is 12.8. The minimum absolute atomic E-state index is 0.156. The van der Waals surface area contributed by atoms with Crippen LogP contribution in [0.5, 0.6) is 11.5 Å². The zero-order valence-electron chi connectivity index (χ0n) is 18.5. The van der Waals surface area contributed by atoms with Crippen LogP contribution in [-0.2, 0) is 19.1 Å². The van der Waals surface area contributed by atoms with E-state index in [0.717, 1.165) is 6.42 Å². The number of rotatable bonds is 9. The lowest BCUT2D eigenvalue weighted by atomic mass is 10.1. The molecular weight excluding hydrogens is 406 g/mol. The highest BCUT2D eigenvalue weighted by Crippen LogP contribution is 2.59. The second-order valence-electron chi connectivity index (χ2n) is 8.29. The fourth-order valence-electron chi connectivity index (χ4n) is 3.64. The van der Waals surface area contributed by atoms with Crippen LogP contribution in [0.2, 0.25) is 0 Å². The van der Waals surface area contributed by atoms with Crippen LogP contribution in [-0.4, -0.2) is 18.5 Å². The molecule has 2 aromatic rings. The van der Waals surface area contributed by atoms with Crippen molar-refractivity contribution in [3.8, 4) is 17.6 Å². The van der Waals surface area contributed by atoms with Gasteiger partial charge in [0.1, 0.15) is 17.6 Å². The number of carbonyl (C=O) groups excluding carboxylic acids is 2. The summed E-state index contributed by atoms with van der Waals surface area (Å²) in [7, 11) is 0. The lowest BCUT2D eigenvalue weighted by Crippen LogP contribution is -2.14. The van der Waals surface area contributed by atoms with Crippen LogP contribution in [0.25, 0.3) is 0 Å². The number of hydrogen-bond acceptors (Lipinski definition) is 6. The first-order valence-electron chi connectivity index (χ1n) is 10.6. The number of ether oxygens (including phenoxy) is 3. The zero-order valence-corrected chi connectivity index (χ0v) is 18.5. The lowest BCUT2D eigenvalue weighted by Gasteiger charge is -2.13. The van der Waals surface area contributed by atoms with Crippen molar-refractivity contribution < 1.29 is 23.8 Å². The Bertz CT molecular complexity index is 1020. The minimum atomic E-state index is -1.06. The highest BCUT2D eigenvalue weighted by Gasteiger charge is 2.61. The molecule has 0 N–H and O–H groups in total. The molecule has 1 saturated carbocycles. The molecule has 2 aromatic carbocycles. The normalized spacial score (nSPS) is 19.6. The van der Waals surface area contributed by atoms with Gasteiger partial charge in [-0.2, -0.15) is 5.26 Å². The molecule has 166 valence electrons. The van der Waals surface area contributed by atoms with Crippen LogP contribution in [0.3, 0.4) is 0 Å². The first-order valence-corrected chi connectivity index (χ1v) is 10.6. The van der Waals surface area contributed by atoms with Gasteiger partial charge in [-0.15, -0.1) is 0 Å². The van der Waals surface area contributed by atoms with E-state index in [1.165, 1.54) is 6.08 Å². The van der Waals surface area contributed by atoms with Crippen molar-refractivity contribution in [1.82, 2.24) is 0 Å². The van der Waals surface area contributed by atoms with E-state index in [1.54, 1.807) is 30.3 Å². The Kier molecular flexibility index (Phi) is 7.32. The molecule has 0 aliphatic heterocycles. The van der Waals surface area contributed by atoms with E-state index < -0.39 is 24.0 Å². The van der Waals surface area contributed by atoms with Crippen LogP contribution in [0.4, 0.5) is 0 Å². The molecule has 3 rings (SSSR count). The van der Waals surface area contributed by atoms with Gasteiger partial charge in [-0.1, -0.05) is 57.2 Å². The third kappa shape index (κ3) is 5.55. The van der Waals surface area contributed by atoms with Gasteiger partial charge in [-0.25, -0.2) is 4.79 Å². The van der Waals surface area contributed by atoms with Gasteiger partial charge in [-0.05, 0) is 42.0 Å². The quantitative estimate of drug-likeness (QED) is 0.390.